The Hall–Kier alpha value is -3.02. The van der Waals surface area contributed by atoms with Crippen molar-refractivity contribution < 1.29 is 9.59 Å². The summed E-state index contributed by atoms with van der Waals surface area (Å²) in [7, 11) is 4.05. The summed E-state index contributed by atoms with van der Waals surface area (Å²) >= 11 is 0. The third-order valence-electron chi connectivity index (χ3n) is 5.16. The fourth-order valence-corrected chi connectivity index (χ4v) is 3.43. The van der Waals surface area contributed by atoms with Gasteiger partial charge in [-0.2, -0.15) is 0 Å². The molecule has 0 saturated carbocycles. The van der Waals surface area contributed by atoms with Crippen molar-refractivity contribution in [2.24, 2.45) is 0 Å². The molecule has 0 unspecified atom stereocenters. The second-order valence-corrected chi connectivity index (χ2v) is 7.62. The standard InChI is InChI=1S/C23H30N4O2/c1-26(2)21-13-7-18(8-14-21)6-5-15-24-23(29)25-20-11-9-19(10-12-20)22(28)27-16-3-4-17-27/h7-14H,3-6,15-17H2,1-2H3,(H2,24,25,29). The van der Waals surface area contributed by atoms with E-state index in [2.05, 4.69) is 39.8 Å². The Morgan fingerprint density at radius 2 is 1.62 bits per heavy atom. The third-order valence-corrected chi connectivity index (χ3v) is 5.16. The molecule has 1 heterocycles. The lowest BCUT2D eigenvalue weighted by Gasteiger charge is -2.15. The molecule has 6 nitrogen and oxygen atoms in total. The lowest BCUT2D eigenvalue weighted by molar-refractivity contribution is 0.0793. The van der Waals surface area contributed by atoms with E-state index in [0.29, 0.717) is 17.8 Å². The topological polar surface area (TPSA) is 64.7 Å². The summed E-state index contributed by atoms with van der Waals surface area (Å²) in [5.41, 5.74) is 3.79. The number of benzene rings is 2. The number of likely N-dealkylation sites (tertiary alicyclic amines) is 1. The highest BCUT2D eigenvalue weighted by Crippen LogP contribution is 2.16. The van der Waals surface area contributed by atoms with E-state index >= 15 is 0 Å². The zero-order valence-corrected chi connectivity index (χ0v) is 17.3. The van der Waals surface area contributed by atoms with Crippen molar-refractivity contribution in [3.63, 3.8) is 0 Å². The molecule has 29 heavy (non-hydrogen) atoms. The largest absolute Gasteiger partial charge is 0.378 e. The second-order valence-electron chi connectivity index (χ2n) is 7.62. The van der Waals surface area contributed by atoms with Crippen molar-refractivity contribution in [3.8, 4) is 0 Å². The molecule has 0 spiro atoms. The molecule has 0 atom stereocenters. The van der Waals surface area contributed by atoms with Gasteiger partial charge in [-0.05, 0) is 67.6 Å². The van der Waals surface area contributed by atoms with Gasteiger partial charge < -0.3 is 20.4 Å². The van der Waals surface area contributed by atoms with Gasteiger partial charge in [-0.1, -0.05) is 12.1 Å². The minimum atomic E-state index is -0.230. The van der Waals surface area contributed by atoms with Gasteiger partial charge in [0, 0.05) is 50.7 Å². The fraction of sp³-hybridized carbons (Fsp3) is 0.391. The Morgan fingerprint density at radius 3 is 2.24 bits per heavy atom. The van der Waals surface area contributed by atoms with Crippen LogP contribution in [0.4, 0.5) is 16.2 Å². The van der Waals surface area contributed by atoms with Crippen LogP contribution in [0.25, 0.3) is 0 Å². The van der Waals surface area contributed by atoms with E-state index in [-0.39, 0.29) is 11.9 Å². The average molecular weight is 395 g/mol. The highest BCUT2D eigenvalue weighted by molar-refractivity contribution is 5.95. The molecule has 1 aliphatic heterocycles. The number of anilines is 2. The molecule has 2 N–H and O–H groups in total. The summed E-state index contributed by atoms with van der Waals surface area (Å²) in [5.74, 6) is 0.0668. The average Bonchev–Trinajstić information content (AvgIpc) is 3.26. The van der Waals surface area contributed by atoms with Gasteiger partial charge in [-0.15, -0.1) is 0 Å². The van der Waals surface area contributed by atoms with E-state index < -0.39 is 0 Å². The number of nitrogens with one attached hydrogen (secondary N) is 2. The third kappa shape index (κ3) is 5.98. The minimum Gasteiger partial charge on any atom is -0.378 e. The highest BCUT2D eigenvalue weighted by atomic mass is 16.2. The molecule has 0 radical (unpaired) electrons. The van der Waals surface area contributed by atoms with Crippen molar-refractivity contribution in [2.75, 3.05) is 43.9 Å². The SMILES string of the molecule is CN(C)c1ccc(CCCNC(=O)Nc2ccc(C(=O)N3CCCC3)cc2)cc1. The summed E-state index contributed by atoms with van der Waals surface area (Å²) in [5, 5.41) is 5.70. The van der Waals surface area contributed by atoms with E-state index in [0.717, 1.165) is 38.8 Å². The summed E-state index contributed by atoms with van der Waals surface area (Å²) in [6.45, 7) is 2.27. The van der Waals surface area contributed by atoms with Crippen LogP contribution in [0.2, 0.25) is 0 Å². The van der Waals surface area contributed by atoms with Crippen LogP contribution in [0.15, 0.2) is 48.5 Å². The molecule has 0 bridgehead atoms. The number of amides is 3. The molecule has 0 aromatic heterocycles. The molecular weight excluding hydrogens is 364 g/mol. The van der Waals surface area contributed by atoms with Gasteiger partial charge in [0.15, 0.2) is 0 Å². The number of rotatable bonds is 7. The van der Waals surface area contributed by atoms with Crippen molar-refractivity contribution in [3.05, 3.63) is 59.7 Å². The number of carbonyl (C=O) groups excluding carboxylic acids is 2. The predicted octanol–water partition coefficient (Wildman–Crippen LogP) is 3.74. The molecule has 2 aromatic rings. The van der Waals surface area contributed by atoms with Crippen LogP contribution in [-0.4, -0.2) is 50.6 Å². The summed E-state index contributed by atoms with van der Waals surface area (Å²) in [6, 6.07) is 15.3. The molecule has 1 saturated heterocycles. The first-order valence-corrected chi connectivity index (χ1v) is 10.2. The number of urea groups is 1. The number of hydrogen-bond donors (Lipinski definition) is 2. The number of hydrogen-bond acceptors (Lipinski definition) is 3. The molecule has 2 aromatic carbocycles. The zero-order chi connectivity index (χ0) is 20.6. The molecular formula is C23H30N4O2. The van der Waals surface area contributed by atoms with Crippen molar-refractivity contribution in [1.82, 2.24) is 10.2 Å². The van der Waals surface area contributed by atoms with Crippen LogP contribution >= 0.6 is 0 Å². The maximum absolute atomic E-state index is 12.3. The highest BCUT2D eigenvalue weighted by Gasteiger charge is 2.19. The first-order chi connectivity index (χ1) is 14.0. The van der Waals surface area contributed by atoms with Gasteiger partial charge in [0.25, 0.3) is 5.91 Å². The van der Waals surface area contributed by atoms with Gasteiger partial charge in [0.1, 0.15) is 0 Å². The monoisotopic (exact) mass is 394 g/mol. The number of carbonyl (C=O) groups is 2. The van der Waals surface area contributed by atoms with Crippen molar-refractivity contribution >= 4 is 23.3 Å². The summed E-state index contributed by atoms with van der Waals surface area (Å²) < 4.78 is 0. The molecule has 154 valence electrons. The smallest absolute Gasteiger partial charge is 0.319 e. The molecule has 1 fully saturated rings. The van der Waals surface area contributed by atoms with Gasteiger partial charge in [0.05, 0.1) is 0 Å². The lowest BCUT2D eigenvalue weighted by Crippen LogP contribution is -2.30. The molecule has 3 rings (SSSR count). The van der Waals surface area contributed by atoms with Gasteiger partial charge in [-0.25, -0.2) is 4.79 Å². The first kappa shape index (κ1) is 20.7. The van der Waals surface area contributed by atoms with Gasteiger partial charge in [-0.3, -0.25) is 4.79 Å². The van der Waals surface area contributed by atoms with Gasteiger partial charge >= 0.3 is 6.03 Å². The van der Waals surface area contributed by atoms with Gasteiger partial charge in [0.2, 0.25) is 0 Å². The maximum Gasteiger partial charge on any atom is 0.319 e. The summed E-state index contributed by atoms with van der Waals surface area (Å²) in [6.07, 6.45) is 3.94. The Kier molecular flexibility index (Phi) is 7.11. The predicted molar refractivity (Wildman–Crippen MR) is 118 cm³/mol. The van der Waals surface area contributed by atoms with Crippen molar-refractivity contribution in [2.45, 2.75) is 25.7 Å². The zero-order valence-electron chi connectivity index (χ0n) is 17.3. The van der Waals surface area contributed by atoms with Crippen LogP contribution in [0.1, 0.15) is 35.2 Å². The number of aryl methyl sites for hydroxylation is 1. The minimum absolute atomic E-state index is 0.0668. The Balaban J connectivity index is 1.38. The van der Waals surface area contributed by atoms with E-state index in [1.807, 2.05) is 19.0 Å². The van der Waals surface area contributed by atoms with Crippen molar-refractivity contribution in [1.29, 1.82) is 0 Å². The van der Waals surface area contributed by atoms with Crippen LogP contribution in [0.3, 0.4) is 0 Å². The molecule has 3 amide bonds. The van der Waals surface area contributed by atoms with E-state index in [9.17, 15) is 9.59 Å². The summed E-state index contributed by atoms with van der Waals surface area (Å²) in [4.78, 5) is 28.4. The normalized spacial score (nSPS) is 13.2. The van der Waals surface area contributed by atoms with E-state index in [1.54, 1.807) is 24.3 Å². The molecule has 6 heteroatoms. The second kappa shape index (κ2) is 9.96. The quantitative estimate of drug-likeness (QED) is 0.703. The maximum atomic E-state index is 12.3. The molecule has 1 aliphatic rings. The Labute approximate surface area is 172 Å². The Morgan fingerprint density at radius 1 is 0.966 bits per heavy atom. The fourth-order valence-electron chi connectivity index (χ4n) is 3.43. The number of nitrogens with zero attached hydrogens (tertiary/aromatic N) is 2. The molecule has 0 aliphatic carbocycles. The van der Waals surface area contributed by atoms with Crippen LogP contribution < -0.4 is 15.5 Å². The van der Waals surface area contributed by atoms with Crippen LogP contribution in [-0.2, 0) is 6.42 Å². The first-order valence-electron chi connectivity index (χ1n) is 10.2. The Bertz CT molecular complexity index is 810. The van der Waals surface area contributed by atoms with E-state index in [1.165, 1.54) is 11.3 Å². The van der Waals surface area contributed by atoms with Crippen LogP contribution in [0.5, 0.6) is 0 Å². The van der Waals surface area contributed by atoms with Crippen LogP contribution in [0, 0.1) is 0 Å². The van der Waals surface area contributed by atoms with E-state index in [4.69, 9.17) is 0 Å². The lowest BCUT2D eigenvalue weighted by atomic mass is 10.1.